The summed E-state index contributed by atoms with van der Waals surface area (Å²) in [6, 6.07) is 2.47. The fourth-order valence-electron chi connectivity index (χ4n) is 1.65. The Morgan fingerprint density at radius 3 is 3.31 bits per heavy atom. The first kappa shape index (κ1) is 11.3. The van der Waals surface area contributed by atoms with Crippen molar-refractivity contribution in [3.63, 3.8) is 0 Å². The van der Waals surface area contributed by atoms with Gasteiger partial charge in [0.05, 0.1) is 0 Å². The predicted molar refractivity (Wildman–Crippen MR) is 65.4 cm³/mol. The van der Waals surface area contributed by atoms with Crippen molar-refractivity contribution in [3.8, 4) is 0 Å². The molecule has 1 fully saturated rings. The number of carbonyl (C=O) groups is 1. The highest BCUT2D eigenvalue weighted by atomic mass is 32.2. The van der Waals surface area contributed by atoms with Crippen molar-refractivity contribution in [2.24, 2.45) is 5.73 Å². The van der Waals surface area contributed by atoms with Crippen LogP contribution in [0.15, 0.2) is 12.3 Å². The van der Waals surface area contributed by atoms with Crippen molar-refractivity contribution >= 4 is 23.5 Å². The quantitative estimate of drug-likeness (QED) is 0.793. The lowest BCUT2D eigenvalue weighted by Crippen LogP contribution is -2.19. The molecule has 0 aliphatic carbocycles. The second-order valence-electron chi connectivity index (χ2n) is 3.89. The second kappa shape index (κ2) is 5.25. The Bertz CT molecular complexity index is 359. The third kappa shape index (κ3) is 3.16. The first-order chi connectivity index (χ1) is 7.74. The first-order valence-electron chi connectivity index (χ1n) is 5.40. The van der Waals surface area contributed by atoms with Gasteiger partial charge < -0.3 is 11.1 Å². The number of hydrogen-bond acceptors (Lipinski definition) is 4. The number of amides is 1. The smallest absolute Gasteiger partial charge is 0.219 e. The van der Waals surface area contributed by atoms with Gasteiger partial charge in [0, 0.05) is 37.0 Å². The number of primary amides is 1. The Morgan fingerprint density at radius 1 is 1.75 bits per heavy atom. The number of hydrogen-bond donors (Lipinski definition) is 2. The minimum absolute atomic E-state index is 0.294. The highest BCUT2D eigenvalue weighted by molar-refractivity contribution is 7.99. The molecule has 6 heteroatoms. The standard InChI is InChI=1S/C10H16N4OS/c11-9(15)1-4-14-5-2-10(13-14)12-8-3-6-16-7-8/h2,5,8H,1,3-4,6-7H2,(H2,11,15)(H,12,13). The van der Waals surface area contributed by atoms with Crippen LogP contribution in [-0.4, -0.2) is 33.2 Å². The van der Waals surface area contributed by atoms with Crippen molar-refractivity contribution in [1.82, 2.24) is 9.78 Å². The highest BCUT2D eigenvalue weighted by Crippen LogP contribution is 2.20. The Hall–Kier alpha value is -1.17. The Balaban J connectivity index is 1.84. The van der Waals surface area contributed by atoms with Crippen LogP contribution in [-0.2, 0) is 11.3 Å². The van der Waals surface area contributed by atoms with Gasteiger partial charge in [-0.2, -0.15) is 16.9 Å². The number of anilines is 1. The molecule has 0 radical (unpaired) electrons. The lowest BCUT2D eigenvalue weighted by Gasteiger charge is -2.09. The maximum Gasteiger partial charge on any atom is 0.219 e. The van der Waals surface area contributed by atoms with Gasteiger partial charge in [-0.05, 0) is 12.2 Å². The summed E-state index contributed by atoms with van der Waals surface area (Å²) in [5, 5.41) is 7.71. The third-order valence-electron chi connectivity index (χ3n) is 2.51. The topological polar surface area (TPSA) is 72.9 Å². The van der Waals surface area contributed by atoms with Crippen LogP contribution in [0.3, 0.4) is 0 Å². The van der Waals surface area contributed by atoms with Crippen LogP contribution in [0.1, 0.15) is 12.8 Å². The number of aryl methyl sites for hydroxylation is 1. The molecule has 3 N–H and O–H groups in total. The van der Waals surface area contributed by atoms with Gasteiger partial charge in [-0.1, -0.05) is 0 Å². The van der Waals surface area contributed by atoms with E-state index in [0.29, 0.717) is 19.0 Å². The van der Waals surface area contributed by atoms with Crippen molar-refractivity contribution in [1.29, 1.82) is 0 Å². The second-order valence-corrected chi connectivity index (χ2v) is 5.04. The van der Waals surface area contributed by atoms with Crippen LogP contribution in [0.5, 0.6) is 0 Å². The molecule has 5 nitrogen and oxygen atoms in total. The Labute approximate surface area is 98.8 Å². The van der Waals surface area contributed by atoms with Gasteiger partial charge in [-0.3, -0.25) is 9.48 Å². The zero-order valence-corrected chi connectivity index (χ0v) is 9.87. The average Bonchev–Trinajstić information content (AvgIpc) is 2.87. The van der Waals surface area contributed by atoms with E-state index in [9.17, 15) is 4.79 Å². The lowest BCUT2D eigenvalue weighted by molar-refractivity contribution is -0.118. The maximum absolute atomic E-state index is 10.6. The molecule has 88 valence electrons. The van der Waals surface area contributed by atoms with Crippen molar-refractivity contribution in [2.45, 2.75) is 25.4 Å². The van der Waals surface area contributed by atoms with Gasteiger partial charge in [-0.25, -0.2) is 0 Å². The van der Waals surface area contributed by atoms with Crippen LogP contribution >= 0.6 is 11.8 Å². The lowest BCUT2D eigenvalue weighted by atomic mass is 10.3. The molecule has 2 heterocycles. The van der Waals surface area contributed by atoms with E-state index in [2.05, 4.69) is 10.4 Å². The first-order valence-corrected chi connectivity index (χ1v) is 6.55. The average molecular weight is 240 g/mol. The van der Waals surface area contributed by atoms with E-state index in [4.69, 9.17) is 5.73 Å². The molecule has 16 heavy (non-hydrogen) atoms. The van der Waals surface area contributed by atoms with Crippen molar-refractivity contribution in [3.05, 3.63) is 12.3 Å². The third-order valence-corrected chi connectivity index (χ3v) is 3.67. The summed E-state index contributed by atoms with van der Waals surface area (Å²) in [6.45, 7) is 0.552. The number of rotatable bonds is 5. The normalized spacial score (nSPS) is 19.9. The van der Waals surface area contributed by atoms with Gasteiger partial charge >= 0.3 is 0 Å². The molecule has 0 saturated carbocycles. The van der Waals surface area contributed by atoms with Crippen molar-refractivity contribution in [2.75, 3.05) is 16.8 Å². The van der Waals surface area contributed by atoms with Gasteiger partial charge in [-0.15, -0.1) is 0 Å². The van der Waals surface area contributed by atoms with E-state index in [-0.39, 0.29) is 5.91 Å². The van der Waals surface area contributed by atoms with Crippen LogP contribution in [0.2, 0.25) is 0 Å². The number of carbonyl (C=O) groups excluding carboxylic acids is 1. The molecule has 1 unspecified atom stereocenters. The van der Waals surface area contributed by atoms with E-state index in [1.54, 1.807) is 4.68 Å². The molecule has 1 aliphatic rings. The molecular weight excluding hydrogens is 224 g/mol. The summed E-state index contributed by atoms with van der Waals surface area (Å²) in [4.78, 5) is 10.6. The van der Waals surface area contributed by atoms with E-state index < -0.39 is 0 Å². The molecule has 1 aromatic heterocycles. The molecule has 1 aromatic rings. The van der Waals surface area contributed by atoms with E-state index in [0.717, 1.165) is 11.6 Å². The molecule has 1 saturated heterocycles. The molecule has 0 spiro atoms. The summed E-state index contributed by atoms with van der Waals surface area (Å²) >= 11 is 1.96. The molecule has 1 atom stereocenters. The van der Waals surface area contributed by atoms with Gasteiger partial charge in [0.25, 0.3) is 0 Å². The largest absolute Gasteiger partial charge is 0.370 e. The monoisotopic (exact) mass is 240 g/mol. The maximum atomic E-state index is 10.6. The van der Waals surface area contributed by atoms with Crippen LogP contribution in [0, 0.1) is 0 Å². The summed E-state index contributed by atoms with van der Waals surface area (Å²) in [5.74, 6) is 2.96. The predicted octanol–water partition coefficient (Wildman–Crippen LogP) is 0.676. The minimum atomic E-state index is -0.294. The van der Waals surface area contributed by atoms with Gasteiger partial charge in [0.1, 0.15) is 5.82 Å². The zero-order valence-electron chi connectivity index (χ0n) is 9.06. The van der Waals surface area contributed by atoms with Crippen molar-refractivity contribution < 1.29 is 4.79 Å². The van der Waals surface area contributed by atoms with Crippen LogP contribution in [0.4, 0.5) is 5.82 Å². The number of thioether (sulfide) groups is 1. The molecular formula is C10H16N4OS. The molecule has 2 rings (SSSR count). The van der Waals surface area contributed by atoms with E-state index in [1.807, 2.05) is 24.0 Å². The van der Waals surface area contributed by atoms with Gasteiger partial charge in [0.15, 0.2) is 0 Å². The van der Waals surface area contributed by atoms with Crippen LogP contribution in [0.25, 0.3) is 0 Å². The fraction of sp³-hybridized carbons (Fsp3) is 0.600. The molecule has 1 amide bonds. The number of nitrogens with zero attached hydrogens (tertiary/aromatic N) is 2. The Kier molecular flexibility index (Phi) is 3.71. The zero-order chi connectivity index (χ0) is 11.4. The molecule has 1 aliphatic heterocycles. The van der Waals surface area contributed by atoms with Crippen LogP contribution < -0.4 is 11.1 Å². The minimum Gasteiger partial charge on any atom is -0.370 e. The highest BCUT2D eigenvalue weighted by Gasteiger charge is 2.15. The SMILES string of the molecule is NC(=O)CCn1ccc(NC2CCSC2)n1. The van der Waals surface area contributed by atoms with E-state index in [1.165, 1.54) is 12.2 Å². The molecule has 0 bridgehead atoms. The summed E-state index contributed by atoms with van der Waals surface area (Å²) in [5.41, 5.74) is 5.08. The number of aromatic nitrogens is 2. The number of nitrogens with one attached hydrogen (secondary N) is 1. The van der Waals surface area contributed by atoms with Gasteiger partial charge in [0.2, 0.25) is 5.91 Å². The van der Waals surface area contributed by atoms with E-state index >= 15 is 0 Å². The summed E-state index contributed by atoms with van der Waals surface area (Å²) in [7, 11) is 0. The summed E-state index contributed by atoms with van der Waals surface area (Å²) in [6.07, 6.45) is 3.40. The fourth-order valence-corrected chi connectivity index (χ4v) is 2.80. The molecule has 0 aromatic carbocycles. The Morgan fingerprint density at radius 2 is 2.62 bits per heavy atom. The summed E-state index contributed by atoms with van der Waals surface area (Å²) < 4.78 is 1.75. The number of nitrogens with two attached hydrogens (primary N) is 1.